The first kappa shape index (κ1) is 12.7. The lowest BCUT2D eigenvalue weighted by molar-refractivity contribution is 0.176. The Bertz CT molecular complexity index is 790. The minimum Gasteiger partial charge on any atom is -0.493 e. The number of fused-ring (bicyclic) bond motifs is 4. The second kappa shape index (κ2) is 4.33. The molecule has 2 aromatic rings. The van der Waals surface area contributed by atoms with Crippen LogP contribution < -0.4 is 15.0 Å². The number of aliphatic hydroxyl groups is 1. The number of hydrogen-bond donors (Lipinski definition) is 2. The molecule has 0 bridgehead atoms. The molecule has 22 heavy (non-hydrogen) atoms. The maximum absolute atomic E-state index is 12.3. The van der Waals surface area contributed by atoms with E-state index in [1.54, 1.807) is 4.90 Å². The van der Waals surface area contributed by atoms with Gasteiger partial charge in [-0.2, -0.15) is 0 Å². The first-order valence-electron chi connectivity index (χ1n) is 7.54. The van der Waals surface area contributed by atoms with Crippen LogP contribution in [-0.2, 0) is 6.42 Å². The Hall–Kier alpha value is -1.86. The molecule has 6 nitrogen and oxygen atoms in total. The van der Waals surface area contributed by atoms with Gasteiger partial charge in [0.05, 0.1) is 35.0 Å². The van der Waals surface area contributed by atoms with Crippen molar-refractivity contribution in [3.05, 3.63) is 17.7 Å². The molecule has 2 N–H and O–H groups in total. The van der Waals surface area contributed by atoms with E-state index >= 15 is 0 Å². The predicted octanol–water partition coefficient (Wildman–Crippen LogP) is 1.65. The topological polar surface area (TPSA) is 74.7 Å². The van der Waals surface area contributed by atoms with Crippen LogP contribution in [0.3, 0.4) is 0 Å². The molecule has 114 valence electrons. The number of rotatable bonds is 1. The van der Waals surface area contributed by atoms with E-state index in [9.17, 15) is 9.90 Å². The number of anilines is 1. The maximum atomic E-state index is 12.3. The fraction of sp³-hybridized carbons (Fsp3) is 0.467. The average Bonchev–Trinajstić information content (AvgIpc) is 3.18. The number of aliphatic hydroxyl groups excluding tert-OH is 1. The molecular formula is C15H15N3O3S. The second-order valence-corrected chi connectivity index (χ2v) is 7.11. The molecule has 1 aromatic heterocycles. The van der Waals surface area contributed by atoms with Gasteiger partial charge in [0.15, 0.2) is 5.13 Å². The second-order valence-electron chi connectivity index (χ2n) is 6.10. The fourth-order valence-corrected chi connectivity index (χ4v) is 4.85. The van der Waals surface area contributed by atoms with Crippen LogP contribution in [0.15, 0.2) is 12.1 Å². The SMILES string of the molecule is O=C1N[C@H]2C[C@@H](O)C[C@H]2N1c1nc2c3c(ccc2s1)OCC3. The van der Waals surface area contributed by atoms with Gasteiger partial charge in [0.25, 0.3) is 0 Å². The van der Waals surface area contributed by atoms with Gasteiger partial charge in [0.2, 0.25) is 0 Å². The third-order valence-electron chi connectivity index (χ3n) is 4.79. The van der Waals surface area contributed by atoms with Crippen LogP contribution in [0.2, 0.25) is 0 Å². The van der Waals surface area contributed by atoms with Crippen molar-refractivity contribution in [2.45, 2.75) is 37.5 Å². The standard InChI is InChI=1S/C15H15N3O3S/c19-7-5-9-10(6-7)18(14(20)16-9)15-17-13-8-3-4-21-11(8)1-2-12(13)22-15/h1-2,7,9-10,19H,3-6H2,(H,16,20)/t7-,9+,10-/m1/s1. The Labute approximate surface area is 130 Å². The smallest absolute Gasteiger partial charge is 0.324 e. The fourth-order valence-electron chi connectivity index (χ4n) is 3.80. The van der Waals surface area contributed by atoms with E-state index in [-0.39, 0.29) is 24.2 Å². The lowest BCUT2D eigenvalue weighted by atomic mass is 10.1. The van der Waals surface area contributed by atoms with Crippen LogP contribution in [-0.4, -0.2) is 40.9 Å². The van der Waals surface area contributed by atoms with E-state index in [1.807, 2.05) is 12.1 Å². The van der Waals surface area contributed by atoms with Crippen LogP contribution >= 0.6 is 11.3 Å². The molecule has 1 saturated heterocycles. The lowest BCUT2D eigenvalue weighted by Crippen LogP contribution is -2.34. The summed E-state index contributed by atoms with van der Waals surface area (Å²) in [5.41, 5.74) is 2.09. The van der Waals surface area contributed by atoms with Gasteiger partial charge in [0, 0.05) is 12.0 Å². The Morgan fingerprint density at radius 3 is 3.23 bits per heavy atom. The Morgan fingerprint density at radius 1 is 1.41 bits per heavy atom. The van der Waals surface area contributed by atoms with Crippen LogP contribution in [0.4, 0.5) is 9.93 Å². The molecular weight excluding hydrogens is 302 g/mol. The molecule has 0 unspecified atom stereocenters. The average molecular weight is 317 g/mol. The molecule has 2 aliphatic heterocycles. The summed E-state index contributed by atoms with van der Waals surface area (Å²) < 4.78 is 6.66. The van der Waals surface area contributed by atoms with Gasteiger partial charge in [-0.15, -0.1) is 0 Å². The van der Waals surface area contributed by atoms with Gasteiger partial charge < -0.3 is 15.2 Å². The first-order chi connectivity index (χ1) is 10.7. The minimum absolute atomic E-state index is 0.00682. The van der Waals surface area contributed by atoms with Crippen LogP contribution in [0.1, 0.15) is 18.4 Å². The highest BCUT2D eigenvalue weighted by Gasteiger charge is 2.47. The molecule has 1 saturated carbocycles. The molecule has 2 amide bonds. The van der Waals surface area contributed by atoms with Crippen molar-refractivity contribution in [2.24, 2.45) is 0 Å². The number of amides is 2. The number of nitrogens with zero attached hydrogens (tertiary/aromatic N) is 2. The summed E-state index contributed by atoms with van der Waals surface area (Å²) in [6, 6.07) is 3.93. The zero-order valence-electron chi connectivity index (χ0n) is 11.8. The molecule has 1 aromatic carbocycles. The van der Waals surface area contributed by atoms with Gasteiger partial charge in [-0.25, -0.2) is 9.78 Å². The van der Waals surface area contributed by atoms with Crippen molar-refractivity contribution in [3.63, 3.8) is 0 Å². The van der Waals surface area contributed by atoms with Crippen LogP contribution in [0.5, 0.6) is 5.75 Å². The van der Waals surface area contributed by atoms with Crippen molar-refractivity contribution >= 4 is 32.7 Å². The minimum atomic E-state index is -0.342. The zero-order valence-corrected chi connectivity index (χ0v) is 12.6. The van der Waals surface area contributed by atoms with Gasteiger partial charge >= 0.3 is 6.03 Å². The van der Waals surface area contributed by atoms with Gasteiger partial charge in [-0.1, -0.05) is 11.3 Å². The molecule has 0 spiro atoms. The predicted molar refractivity (Wildman–Crippen MR) is 82.6 cm³/mol. The van der Waals surface area contributed by atoms with E-state index in [0.717, 1.165) is 33.1 Å². The highest BCUT2D eigenvalue weighted by Crippen LogP contribution is 2.40. The summed E-state index contributed by atoms with van der Waals surface area (Å²) >= 11 is 1.53. The number of urea groups is 1. The molecule has 0 radical (unpaired) electrons. The summed E-state index contributed by atoms with van der Waals surface area (Å²) in [6.07, 6.45) is 1.76. The van der Waals surface area contributed by atoms with Crippen molar-refractivity contribution < 1.29 is 14.6 Å². The molecule has 1 aliphatic carbocycles. The van der Waals surface area contributed by atoms with Crippen molar-refractivity contribution in [1.29, 1.82) is 0 Å². The van der Waals surface area contributed by atoms with Gasteiger partial charge in [0.1, 0.15) is 5.75 Å². The van der Waals surface area contributed by atoms with Crippen molar-refractivity contribution in [1.82, 2.24) is 10.3 Å². The molecule has 3 aliphatic rings. The number of aromatic nitrogens is 1. The zero-order chi connectivity index (χ0) is 14.8. The highest BCUT2D eigenvalue weighted by atomic mass is 32.1. The molecule has 5 rings (SSSR count). The Balaban J connectivity index is 1.60. The molecule has 2 fully saturated rings. The van der Waals surface area contributed by atoms with Gasteiger partial charge in [-0.05, 0) is 25.0 Å². The van der Waals surface area contributed by atoms with E-state index in [4.69, 9.17) is 9.72 Å². The maximum Gasteiger partial charge on any atom is 0.324 e. The monoisotopic (exact) mass is 317 g/mol. The Kier molecular flexibility index (Phi) is 2.49. The summed E-state index contributed by atoms with van der Waals surface area (Å²) in [6.45, 7) is 0.697. The number of ether oxygens (including phenoxy) is 1. The number of carbonyl (C=O) groups is 1. The summed E-state index contributed by atoms with van der Waals surface area (Å²) in [5.74, 6) is 0.907. The normalized spacial score (nSPS) is 29.6. The summed E-state index contributed by atoms with van der Waals surface area (Å²) in [4.78, 5) is 18.7. The number of carbonyl (C=O) groups excluding carboxylic acids is 1. The van der Waals surface area contributed by atoms with E-state index in [1.165, 1.54) is 11.3 Å². The summed E-state index contributed by atoms with van der Waals surface area (Å²) in [7, 11) is 0. The quantitative estimate of drug-likeness (QED) is 0.839. The molecule has 3 atom stereocenters. The van der Waals surface area contributed by atoms with E-state index < -0.39 is 0 Å². The third kappa shape index (κ3) is 1.63. The third-order valence-corrected chi connectivity index (χ3v) is 5.81. The lowest BCUT2D eigenvalue weighted by Gasteiger charge is -2.18. The number of benzene rings is 1. The molecule has 3 heterocycles. The van der Waals surface area contributed by atoms with Crippen molar-refractivity contribution in [2.75, 3.05) is 11.5 Å². The van der Waals surface area contributed by atoms with E-state index in [2.05, 4.69) is 5.32 Å². The summed E-state index contributed by atoms with van der Waals surface area (Å²) in [5, 5.41) is 13.5. The van der Waals surface area contributed by atoms with Crippen LogP contribution in [0.25, 0.3) is 10.2 Å². The number of thiazole rings is 1. The largest absolute Gasteiger partial charge is 0.493 e. The number of nitrogens with one attached hydrogen (secondary N) is 1. The van der Waals surface area contributed by atoms with Gasteiger partial charge in [-0.3, -0.25) is 4.90 Å². The number of hydrogen-bond acceptors (Lipinski definition) is 5. The van der Waals surface area contributed by atoms with E-state index in [0.29, 0.717) is 19.4 Å². The first-order valence-corrected chi connectivity index (χ1v) is 8.35. The Morgan fingerprint density at radius 2 is 2.32 bits per heavy atom. The van der Waals surface area contributed by atoms with Crippen LogP contribution in [0, 0.1) is 0 Å². The highest BCUT2D eigenvalue weighted by molar-refractivity contribution is 7.22. The van der Waals surface area contributed by atoms with Crippen molar-refractivity contribution in [3.8, 4) is 5.75 Å². The molecule has 7 heteroatoms.